The molecule has 0 unspecified atom stereocenters. The third kappa shape index (κ3) is 3.28. The van der Waals surface area contributed by atoms with Crippen molar-refractivity contribution in [3.63, 3.8) is 0 Å². The Morgan fingerprint density at radius 2 is 2.28 bits per heavy atom. The molecule has 2 heterocycles. The average molecular weight is 253 g/mol. The molecule has 6 heteroatoms. The van der Waals surface area contributed by atoms with Gasteiger partial charge in [-0.1, -0.05) is 5.21 Å². The number of morpholine rings is 1. The smallest absolute Gasteiger partial charge is 0.0964 e. The maximum atomic E-state index is 5.52. The van der Waals surface area contributed by atoms with Gasteiger partial charge >= 0.3 is 0 Å². The quantitative estimate of drug-likeness (QED) is 0.807. The van der Waals surface area contributed by atoms with E-state index >= 15 is 0 Å². The van der Waals surface area contributed by atoms with Gasteiger partial charge in [0.2, 0.25) is 0 Å². The van der Waals surface area contributed by atoms with Crippen LogP contribution < -0.4 is 5.32 Å². The lowest BCUT2D eigenvalue weighted by Gasteiger charge is -2.42. The summed E-state index contributed by atoms with van der Waals surface area (Å²) in [5.41, 5.74) is 1.10. The fraction of sp³-hybridized carbons (Fsp3) is 0.833. The Labute approximate surface area is 108 Å². The van der Waals surface area contributed by atoms with Crippen LogP contribution in [0.4, 0.5) is 0 Å². The first-order chi connectivity index (χ1) is 8.62. The van der Waals surface area contributed by atoms with Gasteiger partial charge in [0.1, 0.15) is 0 Å². The van der Waals surface area contributed by atoms with Crippen LogP contribution >= 0.6 is 0 Å². The minimum atomic E-state index is 0.118. The van der Waals surface area contributed by atoms with E-state index in [1.54, 1.807) is 0 Å². The summed E-state index contributed by atoms with van der Waals surface area (Å²) in [6.07, 6.45) is 2.00. The van der Waals surface area contributed by atoms with Gasteiger partial charge in [-0.25, -0.2) is 0 Å². The molecule has 1 aliphatic rings. The van der Waals surface area contributed by atoms with E-state index in [9.17, 15) is 0 Å². The van der Waals surface area contributed by atoms with Crippen LogP contribution in [0.25, 0.3) is 0 Å². The Morgan fingerprint density at radius 3 is 3.00 bits per heavy atom. The van der Waals surface area contributed by atoms with Gasteiger partial charge in [0.15, 0.2) is 0 Å². The van der Waals surface area contributed by atoms with Gasteiger partial charge in [-0.3, -0.25) is 9.58 Å². The maximum Gasteiger partial charge on any atom is 0.0964 e. The first kappa shape index (κ1) is 13.5. The SMILES string of the molecule is CNCc1cn(CCN2CCOCC2(C)C)nn1. The fourth-order valence-electron chi connectivity index (χ4n) is 2.24. The van der Waals surface area contributed by atoms with E-state index in [0.717, 1.165) is 45.1 Å². The molecule has 0 bridgehead atoms. The highest BCUT2D eigenvalue weighted by Gasteiger charge is 2.29. The Balaban J connectivity index is 1.86. The Morgan fingerprint density at radius 1 is 1.44 bits per heavy atom. The number of ether oxygens (including phenoxy) is 1. The molecular weight excluding hydrogens is 230 g/mol. The Hall–Kier alpha value is -0.980. The van der Waals surface area contributed by atoms with Crippen molar-refractivity contribution in [1.82, 2.24) is 25.2 Å². The number of aromatic nitrogens is 3. The van der Waals surface area contributed by atoms with Crippen molar-refractivity contribution in [3.05, 3.63) is 11.9 Å². The molecule has 0 aliphatic carbocycles. The molecule has 0 atom stereocenters. The molecule has 0 amide bonds. The molecule has 18 heavy (non-hydrogen) atoms. The van der Waals surface area contributed by atoms with Gasteiger partial charge in [0.05, 0.1) is 25.5 Å². The highest BCUT2D eigenvalue weighted by molar-refractivity contribution is 4.91. The minimum Gasteiger partial charge on any atom is -0.378 e. The summed E-state index contributed by atoms with van der Waals surface area (Å²) in [6, 6.07) is 0. The average Bonchev–Trinajstić information content (AvgIpc) is 2.75. The normalized spacial score (nSPS) is 20.2. The lowest BCUT2D eigenvalue weighted by atomic mass is 10.0. The Kier molecular flexibility index (Phi) is 4.31. The summed E-state index contributed by atoms with van der Waals surface area (Å²) in [6.45, 7) is 9.69. The zero-order valence-electron chi connectivity index (χ0n) is 11.5. The van der Waals surface area contributed by atoms with Crippen LogP contribution in [-0.2, 0) is 17.8 Å². The summed E-state index contributed by atoms with van der Waals surface area (Å²) in [4.78, 5) is 2.45. The predicted molar refractivity (Wildman–Crippen MR) is 69.3 cm³/mol. The molecule has 0 radical (unpaired) electrons. The lowest BCUT2D eigenvalue weighted by molar-refractivity contribution is -0.0524. The molecule has 1 aliphatic heterocycles. The second-order valence-corrected chi connectivity index (χ2v) is 5.36. The van der Waals surface area contributed by atoms with Crippen LogP contribution in [0, 0.1) is 0 Å². The molecular formula is C12H23N5O. The molecule has 2 rings (SSSR count). The molecule has 1 aromatic rings. The number of rotatable bonds is 5. The predicted octanol–water partition coefficient (Wildman–Crippen LogP) is 0.108. The van der Waals surface area contributed by atoms with Crippen LogP contribution in [0.1, 0.15) is 19.5 Å². The summed E-state index contributed by atoms with van der Waals surface area (Å²) in [7, 11) is 1.91. The zero-order valence-corrected chi connectivity index (χ0v) is 11.5. The molecule has 0 aromatic carbocycles. The highest BCUT2D eigenvalue weighted by Crippen LogP contribution is 2.18. The molecule has 1 N–H and O–H groups in total. The Bertz CT molecular complexity index is 376. The lowest BCUT2D eigenvalue weighted by Crippen LogP contribution is -2.53. The van der Waals surface area contributed by atoms with E-state index in [1.165, 1.54) is 0 Å². The largest absolute Gasteiger partial charge is 0.378 e. The standard InChI is InChI=1S/C12H23N5O/c1-12(2)10-18-7-6-16(12)4-5-17-9-11(8-13-3)14-15-17/h9,13H,4-8,10H2,1-3H3. The van der Waals surface area contributed by atoms with Gasteiger partial charge in [-0.2, -0.15) is 0 Å². The van der Waals surface area contributed by atoms with Crippen molar-refractivity contribution >= 4 is 0 Å². The topological polar surface area (TPSA) is 55.2 Å². The van der Waals surface area contributed by atoms with Crippen molar-refractivity contribution in [2.75, 3.05) is 33.4 Å². The first-order valence-electron chi connectivity index (χ1n) is 6.48. The fourth-order valence-corrected chi connectivity index (χ4v) is 2.24. The van der Waals surface area contributed by atoms with Crippen LogP contribution in [0.3, 0.4) is 0 Å². The van der Waals surface area contributed by atoms with Crippen LogP contribution in [0.2, 0.25) is 0 Å². The summed E-state index contributed by atoms with van der Waals surface area (Å²) in [5, 5.41) is 11.3. The number of hydrogen-bond donors (Lipinski definition) is 1. The molecule has 0 saturated carbocycles. The van der Waals surface area contributed by atoms with E-state index in [0.29, 0.717) is 0 Å². The minimum absolute atomic E-state index is 0.118. The molecule has 0 spiro atoms. The molecule has 1 saturated heterocycles. The maximum absolute atomic E-state index is 5.52. The second-order valence-electron chi connectivity index (χ2n) is 5.36. The summed E-state index contributed by atoms with van der Waals surface area (Å²) >= 11 is 0. The van der Waals surface area contributed by atoms with Crippen molar-refractivity contribution in [2.24, 2.45) is 0 Å². The van der Waals surface area contributed by atoms with Crippen molar-refractivity contribution < 1.29 is 4.74 Å². The molecule has 6 nitrogen and oxygen atoms in total. The van der Waals surface area contributed by atoms with Crippen LogP contribution in [0.15, 0.2) is 6.20 Å². The number of hydrogen-bond acceptors (Lipinski definition) is 5. The summed E-state index contributed by atoms with van der Waals surface area (Å²) < 4.78 is 7.43. The van der Waals surface area contributed by atoms with E-state index in [1.807, 2.05) is 17.9 Å². The van der Waals surface area contributed by atoms with Crippen molar-refractivity contribution in [2.45, 2.75) is 32.5 Å². The van der Waals surface area contributed by atoms with Gasteiger partial charge in [-0.05, 0) is 20.9 Å². The third-order valence-electron chi connectivity index (χ3n) is 3.36. The second kappa shape index (κ2) is 5.77. The van der Waals surface area contributed by atoms with Gasteiger partial charge in [0, 0.05) is 31.4 Å². The van der Waals surface area contributed by atoms with Crippen molar-refractivity contribution in [1.29, 1.82) is 0 Å². The molecule has 1 fully saturated rings. The monoisotopic (exact) mass is 253 g/mol. The van der Waals surface area contributed by atoms with Gasteiger partial charge in [0.25, 0.3) is 0 Å². The van der Waals surface area contributed by atoms with E-state index in [-0.39, 0.29) is 5.54 Å². The number of nitrogens with zero attached hydrogens (tertiary/aromatic N) is 4. The third-order valence-corrected chi connectivity index (χ3v) is 3.36. The van der Waals surface area contributed by atoms with Gasteiger partial charge in [-0.15, -0.1) is 5.10 Å². The molecule has 1 aromatic heterocycles. The van der Waals surface area contributed by atoms with E-state index < -0.39 is 0 Å². The van der Waals surface area contributed by atoms with Crippen molar-refractivity contribution in [3.8, 4) is 0 Å². The van der Waals surface area contributed by atoms with Crippen LogP contribution in [-0.4, -0.2) is 58.8 Å². The number of nitrogens with one attached hydrogen (secondary N) is 1. The zero-order chi connectivity index (χ0) is 13.0. The summed E-state index contributed by atoms with van der Waals surface area (Å²) in [5.74, 6) is 0. The highest BCUT2D eigenvalue weighted by atomic mass is 16.5. The van der Waals surface area contributed by atoms with E-state index in [2.05, 4.69) is 34.4 Å². The van der Waals surface area contributed by atoms with Gasteiger partial charge < -0.3 is 10.1 Å². The van der Waals surface area contributed by atoms with E-state index in [4.69, 9.17) is 4.74 Å². The molecule has 102 valence electrons. The first-order valence-corrected chi connectivity index (χ1v) is 6.48. The van der Waals surface area contributed by atoms with Crippen LogP contribution in [0.5, 0.6) is 0 Å².